The van der Waals surface area contributed by atoms with Gasteiger partial charge in [-0.15, -0.1) is 0 Å². The monoisotopic (exact) mass is 267 g/mol. The number of anilines is 1. The van der Waals surface area contributed by atoms with Gasteiger partial charge in [-0.1, -0.05) is 12.1 Å². The summed E-state index contributed by atoms with van der Waals surface area (Å²) >= 11 is 0. The third kappa shape index (κ3) is 2.69. The van der Waals surface area contributed by atoms with Crippen LogP contribution in [0.25, 0.3) is 0 Å². The van der Waals surface area contributed by atoms with E-state index in [4.69, 9.17) is 0 Å². The Morgan fingerprint density at radius 1 is 1.20 bits per heavy atom. The van der Waals surface area contributed by atoms with Crippen LogP contribution in [-0.2, 0) is 0 Å². The molecule has 1 aromatic carbocycles. The number of hydrogen-bond acceptors (Lipinski definition) is 3. The smallest absolute Gasteiger partial charge is 0.258 e. The minimum atomic E-state index is -0.166. The van der Waals surface area contributed by atoms with Gasteiger partial charge < -0.3 is 5.32 Å². The van der Waals surface area contributed by atoms with Gasteiger partial charge in [0.15, 0.2) is 0 Å². The highest BCUT2D eigenvalue weighted by atomic mass is 16.1. The van der Waals surface area contributed by atoms with Crippen molar-refractivity contribution in [1.82, 2.24) is 9.97 Å². The third-order valence-electron chi connectivity index (χ3n) is 3.52. The van der Waals surface area contributed by atoms with Crippen molar-refractivity contribution in [3.63, 3.8) is 0 Å². The summed E-state index contributed by atoms with van der Waals surface area (Å²) in [7, 11) is 0. The number of nitrogens with zero attached hydrogens (tertiary/aromatic N) is 2. The Labute approximate surface area is 118 Å². The van der Waals surface area contributed by atoms with Crippen LogP contribution in [0.5, 0.6) is 0 Å². The molecule has 1 saturated carbocycles. The van der Waals surface area contributed by atoms with E-state index in [0.717, 1.165) is 35.5 Å². The van der Waals surface area contributed by atoms with Crippen molar-refractivity contribution in [2.75, 3.05) is 5.32 Å². The second kappa shape index (κ2) is 5.04. The van der Waals surface area contributed by atoms with Gasteiger partial charge in [-0.2, -0.15) is 0 Å². The summed E-state index contributed by atoms with van der Waals surface area (Å²) in [6.07, 6.45) is 5.55. The molecule has 1 aromatic heterocycles. The Morgan fingerprint density at radius 2 is 1.90 bits per heavy atom. The van der Waals surface area contributed by atoms with E-state index in [1.54, 1.807) is 12.4 Å². The molecule has 1 aliphatic carbocycles. The Hall–Kier alpha value is -2.23. The largest absolute Gasteiger partial charge is 0.322 e. The predicted molar refractivity (Wildman–Crippen MR) is 77.9 cm³/mol. The standard InChI is InChI=1S/C16H17N3O/c1-10-3-4-11(2)14(7-10)19-16(20)13-8-17-15(18-9-13)12-5-6-12/h3-4,7-9,12H,5-6H2,1-2H3,(H,19,20). The SMILES string of the molecule is Cc1ccc(C)c(NC(=O)c2cnc(C3CC3)nc2)c1. The normalized spacial score (nSPS) is 14.1. The van der Waals surface area contributed by atoms with Gasteiger partial charge in [0.1, 0.15) is 5.82 Å². The number of benzene rings is 1. The van der Waals surface area contributed by atoms with Gasteiger partial charge in [-0.05, 0) is 43.9 Å². The first-order valence-electron chi connectivity index (χ1n) is 6.84. The fraction of sp³-hybridized carbons (Fsp3) is 0.312. The van der Waals surface area contributed by atoms with E-state index >= 15 is 0 Å². The molecule has 102 valence electrons. The summed E-state index contributed by atoms with van der Waals surface area (Å²) < 4.78 is 0. The summed E-state index contributed by atoms with van der Waals surface area (Å²) in [6, 6.07) is 5.99. The number of aryl methyl sites for hydroxylation is 2. The quantitative estimate of drug-likeness (QED) is 0.929. The highest BCUT2D eigenvalue weighted by molar-refractivity contribution is 6.04. The number of aromatic nitrogens is 2. The summed E-state index contributed by atoms with van der Waals surface area (Å²) in [5.41, 5.74) is 3.49. The maximum atomic E-state index is 12.2. The fourth-order valence-electron chi connectivity index (χ4n) is 2.07. The van der Waals surface area contributed by atoms with Crippen molar-refractivity contribution < 1.29 is 4.79 Å². The van der Waals surface area contributed by atoms with E-state index in [9.17, 15) is 4.79 Å². The number of hydrogen-bond donors (Lipinski definition) is 1. The van der Waals surface area contributed by atoms with E-state index in [0.29, 0.717) is 11.5 Å². The average Bonchev–Trinajstić information content (AvgIpc) is 3.27. The van der Waals surface area contributed by atoms with E-state index in [2.05, 4.69) is 15.3 Å². The molecule has 0 bridgehead atoms. The highest BCUT2D eigenvalue weighted by Gasteiger charge is 2.26. The zero-order chi connectivity index (χ0) is 14.1. The summed E-state index contributed by atoms with van der Waals surface area (Å²) in [5, 5.41) is 2.91. The van der Waals surface area contributed by atoms with Crippen molar-refractivity contribution in [1.29, 1.82) is 0 Å². The van der Waals surface area contributed by atoms with E-state index in [1.165, 1.54) is 0 Å². The molecule has 1 aliphatic rings. The molecule has 20 heavy (non-hydrogen) atoms. The minimum absolute atomic E-state index is 0.166. The van der Waals surface area contributed by atoms with Gasteiger partial charge in [0.25, 0.3) is 5.91 Å². The predicted octanol–water partition coefficient (Wildman–Crippen LogP) is 3.22. The van der Waals surface area contributed by atoms with Crippen LogP contribution in [0.3, 0.4) is 0 Å². The molecule has 0 saturated heterocycles. The lowest BCUT2D eigenvalue weighted by Gasteiger charge is -2.09. The second-order valence-corrected chi connectivity index (χ2v) is 5.38. The molecule has 1 fully saturated rings. The lowest BCUT2D eigenvalue weighted by atomic mass is 10.1. The number of amides is 1. The zero-order valence-electron chi connectivity index (χ0n) is 11.7. The molecule has 0 radical (unpaired) electrons. The molecular formula is C16H17N3O. The van der Waals surface area contributed by atoms with Crippen LogP contribution in [0.2, 0.25) is 0 Å². The van der Waals surface area contributed by atoms with Gasteiger partial charge >= 0.3 is 0 Å². The summed E-state index contributed by atoms with van der Waals surface area (Å²) in [6.45, 7) is 3.98. The van der Waals surface area contributed by atoms with Crippen LogP contribution < -0.4 is 5.32 Å². The van der Waals surface area contributed by atoms with Gasteiger partial charge in [0.2, 0.25) is 0 Å². The molecule has 1 N–H and O–H groups in total. The maximum absolute atomic E-state index is 12.2. The molecule has 4 heteroatoms. The van der Waals surface area contributed by atoms with Crippen molar-refractivity contribution in [2.45, 2.75) is 32.6 Å². The first kappa shape index (κ1) is 12.8. The fourth-order valence-corrected chi connectivity index (χ4v) is 2.07. The summed E-state index contributed by atoms with van der Waals surface area (Å²) in [5.74, 6) is 1.19. The number of rotatable bonds is 3. The van der Waals surface area contributed by atoms with Crippen LogP contribution in [0, 0.1) is 13.8 Å². The third-order valence-corrected chi connectivity index (χ3v) is 3.52. The molecule has 1 amide bonds. The van der Waals surface area contributed by atoms with Crippen molar-refractivity contribution >= 4 is 11.6 Å². The molecule has 3 rings (SSSR count). The topological polar surface area (TPSA) is 54.9 Å². The van der Waals surface area contributed by atoms with Crippen LogP contribution in [-0.4, -0.2) is 15.9 Å². The van der Waals surface area contributed by atoms with Crippen molar-refractivity contribution in [3.8, 4) is 0 Å². The Balaban J connectivity index is 1.76. The summed E-state index contributed by atoms with van der Waals surface area (Å²) in [4.78, 5) is 20.7. The lowest BCUT2D eigenvalue weighted by molar-refractivity contribution is 0.102. The molecule has 1 heterocycles. The first-order chi connectivity index (χ1) is 9.63. The Morgan fingerprint density at radius 3 is 2.55 bits per heavy atom. The van der Waals surface area contributed by atoms with Crippen LogP contribution in [0.1, 0.15) is 46.1 Å². The minimum Gasteiger partial charge on any atom is -0.322 e. The van der Waals surface area contributed by atoms with Gasteiger partial charge in [0.05, 0.1) is 5.56 Å². The van der Waals surface area contributed by atoms with E-state index < -0.39 is 0 Å². The van der Waals surface area contributed by atoms with Crippen LogP contribution in [0.15, 0.2) is 30.6 Å². The van der Waals surface area contributed by atoms with Gasteiger partial charge in [-0.25, -0.2) is 9.97 Å². The van der Waals surface area contributed by atoms with Crippen molar-refractivity contribution in [2.24, 2.45) is 0 Å². The number of carbonyl (C=O) groups is 1. The molecule has 4 nitrogen and oxygen atoms in total. The first-order valence-corrected chi connectivity index (χ1v) is 6.84. The second-order valence-electron chi connectivity index (χ2n) is 5.38. The Kier molecular flexibility index (Phi) is 3.22. The molecule has 0 atom stereocenters. The number of nitrogens with one attached hydrogen (secondary N) is 1. The van der Waals surface area contributed by atoms with E-state index in [-0.39, 0.29) is 5.91 Å². The van der Waals surface area contributed by atoms with E-state index in [1.807, 2.05) is 32.0 Å². The number of carbonyl (C=O) groups excluding carboxylic acids is 1. The molecule has 0 unspecified atom stereocenters. The van der Waals surface area contributed by atoms with Crippen LogP contribution in [0.4, 0.5) is 5.69 Å². The zero-order valence-corrected chi connectivity index (χ0v) is 11.7. The van der Waals surface area contributed by atoms with Crippen molar-refractivity contribution in [3.05, 3.63) is 53.1 Å². The van der Waals surface area contributed by atoms with Gasteiger partial charge in [-0.3, -0.25) is 4.79 Å². The van der Waals surface area contributed by atoms with Gasteiger partial charge in [0, 0.05) is 24.0 Å². The average molecular weight is 267 g/mol. The lowest BCUT2D eigenvalue weighted by Crippen LogP contribution is -2.14. The van der Waals surface area contributed by atoms with Crippen LogP contribution >= 0.6 is 0 Å². The molecular weight excluding hydrogens is 250 g/mol. The highest BCUT2D eigenvalue weighted by Crippen LogP contribution is 2.37. The molecule has 0 spiro atoms. The maximum Gasteiger partial charge on any atom is 0.258 e. The molecule has 0 aliphatic heterocycles. The molecule has 2 aromatic rings. The Bertz CT molecular complexity index is 645.